The normalized spacial score (nSPS) is 14.1. The predicted molar refractivity (Wildman–Crippen MR) is 217 cm³/mol. The maximum Gasteiger partial charge on any atom is 0.472 e. The molecule has 53 heavy (non-hydrogen) atoms. The lowest BCUT2D eigenvalue weighted by atomic mass is 10.0. The molecular formula is C42H80NO9P. The summed E-state index contributed by atoms with van der Waals surface area (Å²) in [5.74, 6) is -1.81. The molecule has 0 aromatic heterocycles. The van der Waals surface area contributed by atoms with Gasteiger partial charge in [0.15, 0.2) is 6.10 Å². The van der Waals surface area contributed by atoms with Gasteiger partial charge in [-0.15, -0.1) is 0 Å². The highest BCUT2D eigenvalue weighted by Gasteiger charge is 2.27. The predicted octanol–water partition coefficient (Wildman–Crippen LogP) is 11.9. The van der Waals surface area contributed by atoms with Crippen molar-refractivity contribution in [2.45, 2.75) is 212 Å². The summed E-state index contributed by atoms with van der Waals surface area (Å²) in [7, 11) is -4.63. The Morgan fingerprint density at radius 2 is 0.981 bits per heavy atom. The van der Waals surface area contributed by atoms with Gasteiger partial charge in [-0.1, -0.05) is 161 Å². The molecule has 0 aliphatic heterocycles. The van der Waals surface area contributed by atoms with E-state index in [2.05, 4.69) is 26.0 Å². The fourth-order valence-electron chi connectivity index (χ4n) is 5.92. The van der Waals surface area contributed by atoms with E-state index in [9.17, 15) is 19.0 Å². The van der Waals surface area contributed by atoms with Crippen molar-refractivity contribution in [3.63, 3.8) is 0 Å². The number of phosphoric acid groups is 1. The Morgan fingerprint density at radius 3 is 1.45 bits per heavy atom. The smallest absolute Gasteiger partial charge is 0.472 e. The summed E-state index contributed by atoms with van der Waals surface area (Å²) in [6.07, 6.45) is 41.8. The molecule has 0 amide bonds. The van der Waals surface area contributed by atoms with E-state index in [0.717, 1.165) is 51.4 Å². The third-order valence-electron chi connectivity index (χ3n) is 9.30. The molecule has 10 nitrogen and oxygen atoms in total. The summed E-state index contributed by atoms with van der Waals surface area (Å²) in [6.45, 7) is 3.26. The lowest BCUT2D eigenvalue weighted by Crippen LogP contribution is -2.34. The molecule has 4 N–H and O–H groups in total. The van der Waals surface area contributed by atoms with Gasteiger partial charge in [-0.25, -0.2) is 4.57 Å². The minimum Gasteiger partial charge on any atom is -0.498 e. The SMILES string of the molecule is CCCCCC/C=C\CCCCCCCC(=O)O[C@H](CO/C=C\CCCCCCCCCCCCCCCCCC)COP(=O)(O)OC[C@H](N)C(=O)O. The lowest BCUT2D eigenvalue weighted by molar-refractivity contribution is -0.153. The Bertz CT molecular complexity index is 946. The Labute approximate surface area is 324 Å². The molecule has 0 spiro atoms. The number of carboxylic acids is 1. The number of allylic oxidation sites excluding steroid dienone is 3. The Kier molecular flexibility index (Phi) is 37.3. The number of unbranched alkanes of at least 4 members (excludes halogenated alkanes) is 25. The molecular weight excluding hydrogens is 693 g/mol. The van der Waals surface area contributed by atoms with Crippen LogP contribution in [0.25, 0.3) is 0 Å². The molecule has 312 valence electrons. The molecule has 1 unspecified atom stereocenters. The van der Waals surface area contributed by atoms with Crippen LogP contribution in [-0.2, 0) is 32.7 Å². The third-order valence-corrected chi connectivity index (χ3v) is 10.2. The van der Waals surface area contributed by atoms with Gasteiger partial charge in [0.05, 0.1) is 19.5 Å². The van der Waals surface area contributed by atoms with E-state index < -0.39 is 45.1 Å². The molecule has 0 radical (unpaired) electrons. The number of carbonyl (C=O) groups is 2. The minimum atomic E-state index is -4.63. The van der Waals surface area contributed by atoms with Crippen LogP contribution in [0, 0.1) is 0 Å². The minimum absolute atomic E-state index is 0.0675. The number of ether oxygens (including phenoxy) is 2. The Hall–Kier alpha value is -1.71. The van der Waals surface area contributed by atoms with Crippen molar-refractivity contribution in [1.29, 1.82) is 0 Å². The number of esters is 1. The van der Waals surface area contributed by atoms with Crippen LogP contribution in [0.2, 0.25) is 0 Å². The summed E-state index contributed by atoms with van der Waals surface area (Å²) in [5, 5.41) is 8.88. The molecule has 0 aliphatic rings. The highest BCUT2D eigenvalue weighted by molar-refractivity contribution is 7.47. The zero-order chi connectivity index (χ0) is 39.1. The number of carbonyl (C=O) groups excluding carboxylic acids is 1. The van der Waals surface area contributed by atoms with Gasteiger partial charge in [0.2, 0.25) is 0 Å². The first-order valence-electron chi connectivity index (χ1n) is 21.4. The lowest BCUT2D eigenvalue weighted by Gasteiger charge is -2.20. The monoisotopic (exact) mass is 774 g/mol. The van der Waals surface area contributed by atoms with Crippen LogP contribution in [0.1, 0.15) is 200 Å². The van der Waals surface area contributed by atoms with Gasteiger partial charge >= 0.3 is 19.8 Å². The van der Waals surface area contributed by atoms with E-state index in [1.165, 1.54) is 122 Å². The van der Waals surface area contributed by atoms with E-state index in [4.69, 9.17) is 29.4 Å². The van der Waals surface area contributed by atoms with Crippen molar-refractivity contribution in [3.05, 3.63) is 24.5 Å². The van der Waals surface area contributed by atoms with Gasteiger partial charge in [0.1, 0.15) is 12.6 Å². The van der Waals surface area contributed by atoms with Gasteiger partial charge < -0.3 is 25.2 Å². The second-order valence-corrected chi connectivity index (χ2v) is 16.0. The van der Waals surface area contributed by atoms with Gasteiger partial charge in [0.25, 0.3) is 0 Å². The number of carboxylic acid groups (broad SMARTS) is 1. The molecule has 0 aliphatic carbocycles. The second kappa shape index (κ2) is 38.6. The van der Waals surface area contributed by atoms with Crippen LogP contribution >= 0.6 is 7.82 Å². The van der Waals surface area contributed by atoms with Crippen LogP contribution in [0.3, 0.4) is 0 Å². The quantitative estimate of drug-likeness (QED) is 0.0180. The average molecular weight is 774 g/mol. The van der Waals surface area contributed by atoms with Crippen LogP contribution in [0.15, 0.2) is 24.5 Å². The van der Waals surface area contributed by atoms with Crippen molar-refractivity contribution in [2.75, 3.05) is 19.8 Å². The fraction of sp³-hybridized carbons (Fsp3) is 0.857. The summed E-state index contributed by atoms with van der Waals surface area (Å²) in [5.41, 5.74) is 5.34. The fourth-order valence-corrected chi connectivity index (χ4v) is 6.70. The van der Waals surface area contributed by atoms with E-state index >= 15 is 0 Å². The third kappa shape index (κ3) is 38.4. The summed E-state index contributed by atoms with van der Waals surface area (Å²) >= 11 is 0. The van der Waals surface area contributed by atoms with Crippen molar-refractivity contribution in [2.24, 2.45) is 5.73 Å². The van der Waals surface area contributed by atoms with Gasteiger partial charge in [-0.05, 0) is 51.0 Å². The maximum atomic E-state index is 12.6. The number of aliphatic carboxylic acids is 1. The Morgan fingerprint density at radius 1 is 0.585 bits per heavy atom. The van der Waals surface area contributed by atoms with Crippen LogP contribution in [0.5, 0.6) is 0 Å². The molecule has 0 heterocycles. The molecule has 0 aromatic rings. The summed E-state index contributed by atoms with van der Waals surface area (Å²) in [4.78, 5) is 33.4. The first kappa shape index (κ1) is 51.3. The molecule has 3 atom stereocenters. The number of hydrogen-bond donors (Lipinski definition) is 3. The number of phosphoric ester groups is 1. The van der Waals surface area contributed by atoms with E-state index in [0.29, 0.717) is 6.42 Å². The van der Waals surface area contributed by atoms with Crippen molar-refractivity contribution < 1.29 is 42.7 Å². The zero-order valence-corrected chi connectivity index (χ0v) is 34.8. The maximum absolute atomic E-state index is 12.6. The highest BCUT2D eigenvalue weighted by atomic mass is 31.2. The molecule has 0 aromatic carbocycles. The van der Waals surface area contributed by atoms with Crippen molar-refractivity contribution in [1.82, 2.24) is 0 Å². The van der Waals surface area contributed by atoms with Gasteiger partial charge in [-0.2, -0.15) is 0 Å². The van der Waals surface area contributed by atoms with E-state index in [1.807, 2.05) is 6.08 Å². The number of nitrogens with two attached hydrogens (primary N) is 1. The molecule has 0 rings (SSSR count). The second-order valence-electron chi connectivity index (χ2n) is 14.5. The van der Waals surface area contributed by atoms with Gasteiger partial charge in [-0.3, -0.25) is 18.6 Å². The number of rotatable bonds is 41. The van der Waals surface area contributed by atoms with Crippen LogP contribution < -0.4 is 5.73 Å². The number of hydrogen-bond acceptors (Lipinski definition) is 8. The largest absolute Gasteiger partial charge is 0.498 e. The molecule has 11 heteroatoms. The van der Waals surface area contributed by atoms with Crippen LogP contribution in [-0.4, -0.2) is 53.9 Å². The van der Waals surface area contributed by atoms with E-state index in [-0.39, 0.29) is 13.0 Å². The first-order valence-corrected chi connectivity index (χ1v) is 22.9. The summed E-state index contributed by atoms with van der Waals surface area (Å²) in [6, 6.07) is -1.48. The highest BCUT2D eigenvalue weighted by Crippen LogP contribution is 2.43. The van der Waals surface area contributed by atoms with Crippen LogP contribution in [0.4, 0.5) is 0 Å². The van der Waals surface area contributed by atoms with Crippen molar-refractivity contribution in [3.8, 4) is 0 Å². The molecule has 0 saturated heterocycles. The summed E-state index contributed by atoms with van der Waals surface area (Å²) < 4.78 is 33.1. The Balaban J connectivity index is 4.27. The molecule has 0 fully saturated rings. The molecule has 0 bridgehead atoms. The van der Waals surface area contributed by atoms with E-state index in [1.54, 1.807) is 6.26 Å². The molecule has 0 saturated carbocycles. The first-order chi connectivity index (χ1) is 25.7. The van der Waals surface area contributed by atoms with Crippen molar-refractivity contribution >= 4 is 19.8 Å². The average Bonchev–Trinajstić information content (AvgIpc) is 3.13. The zero-order valence-electron chi connectivity index (χ0n) is 33.9. The topological polar surface area (TPSA) is 155 Å². The standard InChI is InChI=1S/C42H80NO9P/c1-3-5-7-9-11-13-15-17-18-19-20-21-23-25-27-29-31-33-35-49-36-39(37-50-53(47,48)51-38-40(43)42(45)46)52-41(44)34-32-30-28-26-24-22-16-14-12-10-8-6-4-2/h14,16,33,35,39-40H,3-13,15,17-32,34,36-38,43H2,1-2H3,(H,45,46)(H,47,48)/b16-14-,35-33-/t39-,40+/m1/s1. The van der Waals surface area contributed by atoms with Gasteiger partial charge in [0, 0.05) is 6.42 Å².